The molecule has 0 unspecified atom stereocenters. The highest BCUT2D eigenvalue weighted by Gasteiger charge is 2.07. The summed E-state index contributed by atoms with van der Waals surface area (Å²) in [5, 5.41) is 17.2. The lowest BCUT2D eigenvalue weighted by molar-refractivity contribution is -0.118. The molecule has 126 valence electrons. The normalized spacial score (nSPS) is 10.7. The molecule has 9 heteroatoms. The summed E-state index contributed by atoms with van der Waals surface area (Å²) < 4.78 is 5.73. The average Bonchev–Trinajstić information content (AvgIpc) is 3.21. The molecular weight excluding hydrogens is 352 g/mol. The molecule has 0 aliphatic heterocycles. The number of aromatic nitrogens is 2. The quantitative estimate of drug-likeness (QED) is 0.466. The molecule has 0 aliphatic carbocycles. The van der Waals surface area contributed by atoms with Crippen LogP contribution < -0.4 is 10.6 Å². The number of rotatable bonds is 11. The number of methoxy groups -OCH3 is 1. The molecular formula is C14H20N4O2S3. The van der Waals surface area contributed by atoms with Crippen LogP contribution in [-0.4, -0.2) is 48.7 Å². The van der Waals surface area contributed by atoms with Gasteiger partial charge >= 0.3 is 0 Å². The maximum Gasteiger partial charge on any atom is 0.230 e. The van der Waals surface area contributed by atoms with Crippen LogP contribution in [0.3, 0.4) is 0 Å². The summed E-state index contributed by atoms with van der Waals surface area (Å²) in [6.45, 7) is 2.13. The van der Waals surface area contributed by atoms with Crippen LogP contribution >= 0.6 is 34.4 Å². The average molecular weight is 373 g/mol. The minimum Gasteiger partial charge on any atom is -0.385 e. The number of hydrogen-bond donors (Lipinski definition) is 2. The zero-order chi connectivity index (χ0) is 16.3. The Morgan fingerprint density at radius 1 is 1.39 bits per heavy atom. The Labute approximate surface area is 148 Å². The van der Waals surface area contributed by atoms with E-state index in [1.54, 1.807) is 18.4 Å². The van der Waals surface area contributed by atoms with Crippen LogP contribution in [0.25, 0.3) is 0 Å². The standard InChI is InChI=1S/C14H20N4O2S3/c1-20-8-3-6-15-12(19)10-22-14-18-17-13(23-14)16-7-5-11-4-2-9-21-11/h2,4,9H,3,5-8,10H2,1H3,(H,15,19)(H,16,17). The van der Waals surface area contributed by atoms with E-state index in [4.69, 9.17) is 4.74 Å². The summed E-state index contributed by atoms with van der Waals surface area (Å²) in [6.07, 6.45) is 1.80. The summed E-state index contributed by atoms with van der Waals surface area (Å²) in [7, 11) is 1.65. The van der Waals surface area contributed by atoms with Gasteiger partial charge in [0.1, 0.15) is 0 Å². The fourth-order valence-corrected chi connectivity index (χ4v) is 4.03. The predicted octanol–water partition coefficient (Wildman–Crippen LogP) is 2.50. The number of anilines is 1. The van der Waals surface area contributed by atoms with E-state index in [-0.39, 0.29) is 5.91 Å². The number of ether oxygens (including phenoxy) is 1. The molecule has 0 bridgehead atoms. The highest BCUT2D eigenvalue weighted by Crippen LogP contribution is 2.25. The third-order valence-corrected chi connectivity index (χ3v) is 5.76. The Balaban J connectivity index is 1.61. The third-order valence-electron chi connectivity index (χ3n) is 2.81. The predicted molar refractivity (Wildman–Crippen MR) is 96.6 cm³/mol. The smallest absolute Gasteiger partial charge is 0.230 e. The van der Waals surface area contributed by atoms with Gasteiger partial charge in [-0.3, -0.25) is 4.79 Å². The van der Waals surface area contributed by atoms with Gasteiger partial charge in [0.05, 0.1) is 5.75 Å². The molecule has 0 radical (unpaired) electrons. The van der Waals surface area contributed by atoms with Crippen LogP contribution in [0.5, 0.6) is 0 Å². The Hall–Kier alpha value is -1.16. The van der Waals surface area contributed by atoms with Crippen LogP contribution in [0, 0.1) is 0 Å². The Morgan fingerprint density at radius 3 is 3.09 bits per heavy atom. The molecule has 0 fully saturated rings. The van der Waals surface area contributed by atoms with Crippen LogP contribution in [0.1, 0.15) is 11.3 Å². The minimum absolute atomic E-state index is 0.00788. The van der Waals surface area contributed by atoms with Gasteiger partial charge in [-0.25, -0.2) is 0 Å². The minimum atomic E-state index is 0.00788. The molecule has 0 spiro atoms. The molecule has 0 aliphatic rings. The van der Waals surface area contributed by atoms with Gasteiger partial charge in [0.2, 0.25) is 11.0 Å². The number of thiophene rings is 1. The zero-order valence-electron chi connectivity index (χ0n) is 12.9. The van der Waals surface area contributed by atoms with Crippen molar-refractivity contribution < 1.29 is 9.53 Å². The van der Waals surface area contributed by atoms with Crippen molar-refractivity contribution in [1.29, 1.82) is 0 Å². The second-order valence-corrected chi connectivity index (χ2v) is 7.85. The van der Waals surface area contributed by atoms with E-state index in [9.17, 15) is 4.79 Å². The highest BCUT2D eigenvalue weighted by molar-refractivity contribution is 8.01. The lowest BCUT2D eigenvalue weighted by Gasteiger charge is -2.03. The molecule has 0 saturated carbocycles. The number of carbonyl (C=O) groups excluding carboxylic acids is 1. The van der Waals surface area contributed by atoms with E-state index in [0.29, 0.717) is 18.9 Å². The van der Waals surface area contributed by atoms with Gasteiger partial charge < -0.3 is 15.4 Å². The van der Waals surface area contributed by atoms with E-state index in [0.717, 1.165) is 28.9 Å². The summed E-state index contributed by atoms with van der Waals surface area (Å²) in [6, 6.07) is 4.18. The van der Waals surface area contributed by atoms with E-state index >= 15 is 0 Å². The maximum absolute atomic E-state index is 11.7. The monoisotopic (exact) mass is 372 g/mol. The van der Waals surface area contributed by atoms with Gasteiger partial charge in [-0.2, -0.15) is 0 Å². The Kier molecular flexibility index (Phi) is 8.37. The molecule has 2 rings (SSSR count). The van der Waals surface area contributed by atoms with Gasteiger partial charge in [-0.15, -0.1) is 21.5 Å². The number of amides is 1. The molecule has 2 heterocycles. The first kappa shape index (κ1) is 18.2. The largest absolute Gasteiger partial charge is 0.385 e. The van der Waals surface area contributed by atoms with E-state index in [2.05, 4.69) is 38.3 Å². The molecule has 0 atom stereocenters. The van der Waals surface area contributed by atoms with Gasteiger partial charge in [0.15, 0.2) is 4.34 Å². The molecule has 2 N–H and O–H groups in total. The van der Waals surface area contributed by atoms with Crippen LogP contribution in [0.15, 0.2) is 21.9 Å². The summed E-state index contributed by atoms with van der Waals surface area (Å²) in [4.78, 5) is 13.0. The molecule has 2 aromatic heterocycles. The van der Waals surface area contributed by atoms with Crippen LogP contribution in [-0.2, 0) is 16.0 Å². The first-order valence-corrected chi connectivity index (χ1v) is 9.94. The summed E-state index contributed by atoms with van der Waals surface area (Å²) in [5.74, 6) is 0.366. The molecule has 6 nitrogen and oxygen atoms in total. The van der Waals surface area contributed by atoms with Crippen molar-refractivity contribution in [3.05, 3.63) is 22.4 Å². The fourth-order valence-electron chi connectivity index (χ4n) is 1.71. The van der Waals surface area contributed by atoms with Crippen molar-refractivity contribution in [3.63, 3.8) is 0 Å². The van der Waals surface area contributed by atoms with E-state index < -0.39 is 0 Å². The van der Waals surface area contributed by atoms with Crippen molar-refractivity contribution in [2.24, 2.45) is 0 Å². The molecule has 23 heavy (non-hydrogen) atoms. The number of thioether (sulfide) groups is 1. The Bertz CT molecular complexity index is 574. The van der Waals surface area contributed by atoms with Crippen molar-refractivity contribution >= 4 is 45.5 Å². The van der Waals surface area contributed by atoms with Crippen molar-refractivity contribution in [2.75, 3.05) is 37.9 Å². The Morgan fingerprint density at radius 2 is 2.30 bits per heavy atom. The lowest BCUT2D eigenvalue weighted by atomic mass is 10.3. The second-order valence-electron chi connectivity index (χ2n) is 4.61. The third kappa shape index (κ3) is 7.30. The molecule has 2 aromatic rings. The lowest BCUT2D eigenvalue weighted by Crippen LogP contribution is -2.26. The van der Waals surface area contributed by atoms with Gasteiger partial charge in [0, 0.05) is 31.7 Å². The van der Waals surface area contributed by atoms with Gasteiger partial charge in [-0.05, 0) is 24.3 Å². The summed E-state index contributed by atoms with van der Waals surface area (Å²) >= 11 is 4.64. The number of nitrogens with one attached hydrogen (secondary N) is 2. The first-order valence-electron chi connectivity index (χ1n) is 7.26. The molecule has 0 aromatic carbocycles. The summed E-state index contributed by atoms with van der Waals surface area (Å²) in [5.41, 5.74) is 0. The van der Waals surface area contributed by atoms with Crippen molar-refractivity contribution in [1.82, 2.24) is 15.5 Å². The van der Waals surface area contributed by atoms with E-state index in [1.807, 2.05) is 0 Å². The van der Waals surface area contributed by atoms with E-state index in [1.165, 1.54) is 28.0 Å². The SMILES string of the molecule is COCCCNC(=O)CSc1nnc(NCCc2cccs2)s1. The molecule has 0 saturated heterocycles. The van der Waals surface area contributed by atoms with Gasteiger partial charge in [0.25, 0.3) is 0 Å². The van der Waals surface area contributed by atoms with Crippen molar-refractivity contribution in [3.8, 4) is 0 Å². The number of hydrogen-bond acceptors (Lipinski definition) is 8. The molecule has 1 amide bonds. The van der Waals surface area contributed by atoms with Crippen molar-refractivity contribution in [2.45, 2.75) is 17.2 Å². The number of nitrogens with zero attached hydrogens (tertiary/aromatic N) is 2. The fraction of sp³-hybridized carbons (Fsp3) is 0.500. The maximum atomic E-state index is 11.7. The van der Waals surface area contributed by atoms with Crippen LogP contribution in [0.2, 0.25) is 0 Å². The highest BCUT2D eigenvalue weighted by atomic mass is 32.2. The van der Waals surface area contributed by atoms with Crippen LogP contribution in [0.4, 0.5) is 5.13 Å². The topological polar surface area (TPSA) is 76.1 Å². The first-order chi connectivity index (χ1) is 11.3. The second kappa shape index (κ2) is 10.6. The zero-order valence-corrected chi connectivity index (χ0v) is 15.4. The number of carbonyl (C=O) groups is 1. The van der Waals surface area contributed by atoms with Gasteiger partial charge in [-0.1, -0.05) is 29.2 Å².